The van der Waals surface area contributed by atoms with Crippen LogP contribution in [0.2, 0.25) is 5.15 Å². The minimum absolute atomic E-state index is 0.455. The van der Waals surface area contributed by atoms with E-state index in [2.05, 4.69) is 37.3 Å². The molecule has 18 heavy (non-hydrogen) atoms. The highest BCUT2D eigenvalue weighted by atomic mass is 79.9. The lowest BCUT2D eigenvalue weighted by atomic mass is 10.3. The Morgan fingerprint density at radius 3 is 2.61 bits per heavy atom. The van der Waals surface area contributed by atoms with Gasteiger partial charge in [0.15, 0.2) is 11.0 Å². The van der Waals surface area contributed by atoms with E-state index in [0.717, 1.165) is 28.2 Å². The molecule has 96 valence electrons. The summed E-state index contributed by atoms with van der Waals surface area (Å²) in [6.45, 7) is 4.62. The fourth-order valence-electron chi connectivity index (χ4n) is 1.55. The van der Waals surface area contributed by atoms with Crippen LogP contribution in [0.3, 0.4) is 0 Å². The average molecular weight is 347 g/mol. The molecule has 0 aliphatic rings. The monoisotopic (exact) mass is 345 g/mol. The van der Waals surface area contributed by atoms with Gasteiger partial charge < -0.3 is 4.90 Å². The maximum Gasteiger partial charge on any atom is 0.171 e. The van der Waals surface area contributed by atoms with Gasteiger partial charge in [-0.25, -0.2) is 9.97 Å². The van der Waals surface area contributed by atoms with Gasteiger partial charge in [0, 0.05) is 21.8 Å². The van der Waals surface area contributed by atoms with Crippen molar-refractivity contribution in [3.05, 3.63) is 37.3 Å². The second-order valence-corrected chi connectivity index (χ2v) is 6.37. The molecule has 2 rings (SSSR count). The van der Waals surface area contributed by atoms with Crippen LogP contribution in [-0.4, -0.2) is 17.0 Å². The van der Waals surface area contributed by atoms with Gasteiger partial charge in [0.2, 0.25) is 0 Å². The summed E-state index contributed by atoms with van der Waals surface area (Å²) in [4.78, 5) is 12.1. The van der Waals surface area contributed by atoms with Crippen LogP contribution in [0.1, 0.15) is 16.3 Å². The molecule has 0 saturated heterocycles. The number of hydrogen-bond acceptors (Lipinski definition) is 4. The van der Waals surface area contributed by atoms with Gasteiger partial charge in [-0.15, -0.1) is 11.3 Å². The summed E-state index contributed by atoms with van der Waals surface area (Å²) in [5.41, 5.74) is 1.78. The van der Waals surface area contributed by atoms with Crippen LogP contribution in [-0.2, 0) is 6.54 Å². The molecule has 0 amide bonds. The predicted octanol–water partition coefficient (Wildman–Crippen LogP) is 4.21. The summed E-state index contributed by atoms with van der Waals surface area (Å²) in [6.07, 6.45) is 0. The Kier molecular flexibility index (Phi) is 4.25. The Morgan fingerprint density at radius 1 is 1.33 bits per heavy atom. The third-order valence-corrected chi connectivity index (χ3v) is 4.56. The Morgan fingerprint density at radius 2 is 2.00 bits per heavy atom. The number of aryl methyl sites for hydroxylation is 2. The van der Waals surface area contributed by atoms with Gasteiger partial charge in [-0.1, -0.05) is 11.6 Å². The predicted molar refractivity (Wildman–Crippen MR) is 80.6 cm³/mol. The van der Waals surface area contributed by atoms with E-state index in [9.17, 15) is 0 Å². The number of thiophene rings is 1. The molecular formula is C12H13BrClN3S. The summed E-state index contributed by atoms with van der Waals surface area (Å²) >= 11 is 11.3. The highest BCUT2D eigenvalue weighted by Gasteiger charge is 2.12. The standard InChI is InChI=1S/C12H13BrClN3S/c1-7-8(2)16-12(11(14)15-7)17(3)5-10-4-9(13)6-18-10/h4,6H,5H2,1-3H3. The highest BCUT2D eigenvalue weighted by Crippen LogP contribution is 2.26. The molecule has 0 bridgehead atoms. The third-order valence-electron chi connectivity index (χ3n) is 2.62. The zero-order valence-corrected chi connectivity index (χ0v) is 13.5. The van der Waals surface area contributed by atoms with Crippen molar-refractivity contribution in [1.29, 1.82) is 0 Å². The molecule has 0 saturated carbocycles. The van der Waals surface area contributed by atoms with Crippen LogP contribution in [0.5, 0.6) is 0 Å². The molecule has 3 nitrogen and oxygen atoms in total. The molecule has 6 heteroatoms. The van der Waals surface area contributed by atoms with E-state index < -0.39 is 0 Å². The van der Waals surface area contributed by atoms with Crippen LogP contribution in [0.4, 0.5) is 5.82 Å². The number of anilines is 1. The summed E-state index contributed by atoms with van der Waals surface area (Å²) in [5.74, 6) is 0.726. The van der Waals surface area contributed by atoms with E-state index in [-0.39, 0.29) is 0 Å². The molecule has 0 aromatic carbocycles. The smallest absolute Gasteiger partial charge is 0.171 e. The van der Waals surface area contributed by atoms with E-state index in [1.165, 1.54) is 4.88 Å². The summed E-state index contributed by atoms with van der Waals surface area (Å²) in [5, 5.41) is 2.52. The zero-order valence-electron chi connectivity index (χ0n) is 10.4. The van der Waals surface area contributed by atoms with Gasteiger partial charge in [-0.3, -0.25) is 0 Å². The Labute approximate surface area is 124 Å². The largest absolute Gasteiger partial charge is 0.352 e. The zero-order chi connectivity index (χ0) is 13.3. The fraction of sp³-hybridized carbons (Fsp3) is 0.333. The molecule has 0 N–H and O–H groups in total. The summed E-state index contributed by atoms with van der Waals surface area (Å²) in [7, 11) is 1.97. The van der Waals surface area contributed by atoms with Gasteiger partial charge in [0.05, 0.1) is 17.9 Å². The van der Waals surface area contributed by atoms with Gasteiger partial charge >= 0.3 is 0 Å². The van der Waals surface area contributed by atoms with Crippen molar-refractivity contribution in [3.8, 4) is 0 Å². The lowest BCUT2D eigenvalue weighted by Crippen LogP contribution is -2.18. The van der Waals surface area contributed by atoms with E-state index in [1.54, 1.807) is 11.3 Å². The lowest BCUT2D eigenvalue weighted by Gasteiger charge is -2.19. The first kappa shape index (κ1) is 13.8. The normalized spacial score (nSPS) is 10.7. The van der Waals surface area contributed by atoms with Crippen molar-refractivity contribution in [2.45, 2.75) is 20.4 Å². The Balaban J connectivity index is 2.23. The van der Waals surface area contributed by atoms with E-state index in [0.29, 0.717) is 5.15 Å². The molecular weight excluding hydrogens is 334 g/mol. The molecule has 0 atom stereocenters. The maximum absolute atomic E-state index is 6.15. The Bertz CT molecular complexity index is 570. The number of hydrogen-bond donors (Lipinski definition) is 0. The quantitative estimate of drug-likeness (QED) is 0.833. The molecule has 0 fully saturated rings. The molecule has 2 aromatic heterocycles. The number of rotatable bonds is 3. The van der Waals surface area contributed by atoms with Crippen LogP contribution in [0.15, 0.2) is 15.9 Å². The second-order valence-electron chi connectivity index (χ2n) is 4.10. The third kappa shape index (κ3) is 3.02. The first-order valence-electron chi connectivity index (χ1n) is 5.42. The molecule has 0 radical (unpaired) electrons. The number of halogens is 2. The SMILES string of the molecule is Cc1nc(Cl)c(N(C)Cc2cc(Br)cs2)nc1C. The Hall–Kier alpha value is -0.650. The van der Waals surface area contributed by atoms with Gasteiger partial charge in [-0.05, 0) is 35.8 Å². The van der Waals surface area contributed by atoms with Gasteiger partial charge in [-0.2, -0.15) is 0 Å². The molecule has 2 aromatic rings. The van der Waals surface area contributed by atoms with Crippen molar-refractivity contribution in [2.24, 2.45) is 0 Å². The number of nitrogens with zero attached hydrogens (tertiary/aromatic N) is 3. The van der Waals surface area contributed by atoms with Crippen molar-refractivity contribution in [1.82, 2.24) is 9.97 Å². The van der Waals surface area contributed by atoms with Crippen molar-refractivity contribution < 1.29 is 0 Å². The average Bonchev–Trinajstić information content (AvgIpc) is 2.69. The van der Waals surface area contributed by atoms with Crippen LogP contribution >= 0.6 is 38.9 Å². The van der Waals surface area contributed by atoms with Crippen LogP contribution in [0, 0.1) is 13.8 Å². The summed E-state index contributed by atoms with van der Waals surface area (Å²) < 4.78 is 1.10. The van der Waals surface area contributed by atoms with Crippen molar-refractivity contribution in [3.63, 3.8) is 0 Å². The molecule has 2 heterocycles. The molecule has 0 unspecified atom stereocenters. The minimum Gasteiger partial charge on any atom is -0.352 e. The van der Waals surface area contributed by atoms with E-state index >= 15 is 0 Å². The molecule has 0 spiro atoms. The van der Waals surface area contributed by atoms with Crippen LogP contribution in [0.25, 0.3) is 0 Å². The lowest BCUT2D eigenvalue weighted by molar-refractivity contribution is 0.887. The maximum atomic E-state index is 6.15. The fourth-order valence-corrected chi connectivity index (χ4v) is 3.37. The van der Waals surface area contributed by atoms with E-state index in [4.69, 9.17) is 11.6 Å². The second kappa shape index (κ2) is 5.55. The molecule has 0 aliphatic carbocycles. The number of aromatic nitrogens is 2. The van der Waals surface area contributed by atoms with Gasteiger partial charge in [0.25, 0.3) is 0 Å². The first-order valence-corrected chi connectivity index (χ1v) is 7.47. The highest BCUT2D eigenvalue weighted by molar-refractivity contribution is 9.10. The van der Waals surface area contributed by atoms with Crippen LogP contribution < -0.4 is 4.90 Å². The molecule has 0 aliphatic heterocycles. The van der Waals surface area contributed by atoms with E-state index in [1.807, 2.05) is 25.8 Å². The van der Waals surface area contributed by atoms with Crippen molar-refractivity contribution in [2.75, 3.05) is 11.9 Å². The topological polar surface area (TPSA) is 29.0 Å². The summed E-state index contributed by atoms with van der Waals surface area (Å²) in [6, 6.07) is 2.10. The minimum atomic E-state index is 0.455. The van der Waals surface area contributed by atoms with Gasteiger partial charge in [0.1, 0.15) is 0 Å². The first-order chi connectivity index (χ1) is 8.47. The van der Waals surface area contributed by atoms with Crippen molar-refractivity contribution >= 4 is 44.7 Å².